The monoisotopic (exact) mass is 244 g/mol. The number of benzene rings is 1. The molecule has 0 fully saturated rings. The van der Waals surface area contributed by atoms with Gasteiger partial charge in [0.2, 0.25) is 0 Å². The maximum Gasteiger partial charge on any atom is 0.387 e. The van der Waals surface area contributed by atoms with Crippen molar-refractivity contribution in [1.29, 1.82) is 0 Å². The van der Waals surface area contributed by atoms with Crippen molar-refractivity contribution < 1.29 is 30.2 Å². The molecule has 0 saturated heterocycles. The van der Waals surface area contributed by atoms with Gasteiger partial charge in [0, 0.05) is 0 Å². The maximum absolute atomic E-state index is 13.1. The Kier molecular flexibility index (Phi) is 3.18. The van der Waals surface area contributed by atoms with Crippen LogP contribution in [-0.2, 0) is 10.2 Å². The summed E-state index contributed by atoms with van der Waals surface area (Å²) >= 11 is 0. The molecule has 0 heterocycles. The third-order valence-electron chi connectivity index (χ3n) is 1.41. The number of alkyl halides is 2. The van der Waals surface area contributed by atoms with E-state index in [9.17, 15) is 25.5 Å². The van der Waals surface area contributed by atoms with Gasteiger partial charge >= 0.3 is 16.8 Å². The molecule has 0 aliphatic rings. The molecule has 1 aromatic rings. The summed E-state index contributed by atoms with van der Waals surface area (Å²) in [5, 5.41) is 0. The molecule has 0 saturated carbocycles. The second kappa shape index (κ2) is 4.05. The Bertz CT molecular complexity index is 457. The summed E-state index contributed by atoms with van der Waals surface area (Å²) in [6, 6.07) is 2.24. The molecule has 0 aliphatic heterocycles. The van der Waals surface area contributed by atoms with Gasteiger partial charge in [-0.15, -0.1) is 3.89 Å². The van der Waals surface area contributed by atoms with Crippen molar-refractivity contribution in [2.75, 3.05) is 0 Å². The van der Waals surface area contributed by atoms with Gasteiger partial charge in [0.15, 0.2) is 11.6 Å². The SMILES string of the molecule is O=S(=O)(F)c1cccc(OC(F)F)c1F. The van der Waals surface area contributed by atoms with Crippen LogP contribution in [0.1, 0.15) is 0 Å². The van der Waals surface area contributed by atoms with Gasteiger partial charge in [-0.2, -0.15) is 17.2 Å². The standard InChI is InChI=1S/C7H4F4O3S/c8-6-4(14-7(9)10)2-1-3-5(6)15(11,12)13/h1-3,7H. The van der Waals surface area contributed by atoms with E-state index in [1.54, 1.807) is 0 Å². The van der Waals surface area contributed by atoms with Crippen molar-refractivity contribution in [3.05, 3.63) is 24.0 Å². The molecular weight excluding hydrogens is 240 g/mol. The van der Waals surface area contributed by atoms with Crippen LogP contribution in [0, 0.1) is 5.82 Å². The molecule has 1 aromatic carbocycles. The van der Waals surface area contributed by atoms with Crippen LogP contribution in [0.25, 0.3) is 0 Å². The molecule has 0 atom stereocenters. The Morgan fingerprint density at radius 1 is 1.27 bits per heavy atom. The summed E-state index contributed by atoms with van der Waals surface area (Å²) < 4.78 is 73.2. The van der Waals surface area contributed by atoms with Crippen molar-refractivity contribution in [3.63, 3.8) is 0 Å². The van der Waals surface area contributed by atoms with Crippen LogP contribution in [0.3, 0.4) is 0 Å². The van der Waals surface area contributed by atoms with Crippen molar-refractivity contribution in [2.24, 2.45) is 0 Å². The van der Waals surface area contributed by atoms with E-state index >= 15 is 0 Å². The van der Waals surface area contributed by atoms with Gasteiger partial charge in [-0.25, -0.2) is 4.39 Å². The van der Waals surface area contributed by atoms with Gasteiger partial charge in [-0.3, -0.25) is 0 Å². The Labute approximate surface area is 82.5 Å². The molecule has 3 nitrogen and oxygen atoms in total. The van der Waals surface area contributed by atoms with E-state index in [2.05, 4.69) is 4.74 Å². The van der Waals surface area contributed by atoms with E-state index in [1.165, 1.54) is 0 Å². The number of rotatable bonds is 3. The molecule has 8 heteroatoms. The minimum absolute atomic E-state index is 0.600. The van der Waals surface area contributed by atoms with Crippen molar-refractivity contribution in [3.8, 4) is 5.75 Å². The van der Waals surface area contributed by atoms with Gasteiger partial charge in [-0.1, -0.05) is 6.07 Å². The average Bonchev–Trinajstić information content (AvgIpc) is 2.05. The molecule has 0 aromatic heterocycles. The summed E-state index contributed by atoms with van der Waals surface area (Å²) in [5.41, 5.74) is 0. The van der Waals surface area contributed by atoms with Crippen LogP contribution in [-0.4, -0.2) is 15.0 Å². The number of hydrogen-bond acceptors (Lipinski definition) is 3. The predicted octanol–water partition coefficient (Wildman–Crippen LogP) is 2.09. The Morgan fingerprint density at radius 2 is 1.87 bits per heavy atom. The zero-order chi connectivity index (χ0) is 11.6. The van der Waals surface area contributed by atoms with Crippen molar-refractivity contribution in [1.82, 2.24) is 0 Å². The fourth-order valence-corrected chi connectivity index (χ4v) is 1.42. The van der Waals surface area contributed by atoms with Gasteiger partial charge in [0.1, 0.15) is 4.90 Å². The first-order valence-corrected chi connectivity index (χ1v) is 4.88. The fraction of sp³-hybridized carbons (Fsp3) is 0.143. The van der Waals surface area contributed by atoms with E-state index < -0.39 is 33.3 Å². The molecule has 15 heavy (non-hydrogen) atoms. The number of halogens is 4. The summed E-state index contributed by atoms with van der Waals surface area (Å²) in [5.74, 6) is -2.70. The molecule has 0 amide bonds. The van der Waals surface area contributed by atoms with Gasteiger partial charge in [0.05, 0.1) is 0 Å². The third-order valence-corrected chi connectivity index (χ3v) is 2.25. The van der Waals surface area contributed by atoms with Crippen LogP contribution in [0.15, 0.2) is 23.1 Å². The van der Waals surface area contributed by atoms with E-state index in [1.807, 2.05) is 0 Å². The number of ether oxygens (including phenoxy) is 1. The van der Waals surface area contributed by atoms with E-state index in [4.69, 9.17) is 0 Å². The molecule has 0 aliphatic carbocycles. The lowest BCUT2D eigenvalue weighted by Crippen LogP contribution is -2.06. The summed E-state index contributed by atoms with van der Waals surface area (Å²) in [7, 11) is -5.29. The Balaban J connectivity index is 3.24. The summed E-state index contributed by atoms with van der Waals surface area (Å²) in [4.78, 5) is -1.33. The second-order valence-corrected chi connectivity index (χ2v) is 3.70. The van der Waals surface area contributed by atoms with Crippen LogP contribution >= 0.6 is 0 Å². The lowest BCUT2D eigenvalue weighted by Gasteiger charge is -2.06. The summed E-state index contributed by atoms with van der Waals surface area (Å²) in [6.07, 6.45) is 0. The largest absolute Gasteiger partial charge is 0.432 e. The summed E-state index contributed by atoms with van der Waals surface area (Å²) in [6.45, 7) is -3.32. The van der Waals surface area contributed by atoms with Crippen LogP contribution < -0.4 is 4.74 Å². The molecule has 0 N–H and O–H groups in total. The molecule has 1 rings (SSSR count). The first-order chi connectivity index (χ1) is 6.82. The van der Waals surface area contributed by atoms with Crippen LogP contribution in [0.5, 0.6) is 5.75 Å². The molecule has 0 radical (unpaired) electrons. The highest BCUT2D eigenvalue weighted by atomic mass is 32.3. The second-order valence-electron chi connectivity index (χ2n) is 2.38. The normalized spacial score (nSPS) is 11.8. The van der Waals surface area contributed by atoms with Crippen molar-refractivity contribution in [2.45, 2.75) is 11.5 Å². The molecule has 0 spiro atoms. The van der Waals surface area contributed by atoms with Gasteiger partial charge < -0.3 is 4.74 Å². The zero-order valence-corrected chi connectivity index (χ0v) is 7.77. The quantitative estimate of drug-likeness (QED) is 0.604. The topological polar surface area (TPSA) is 43.4 Å². The molecule has 0 unspecified atom stereocenters. The number of hydrogen-bond donors (Lipinski definition) is 0. The highest BCUT2D eigenvalue weighted by Gasteiger charge is 2.22. The first kappa shape index (κ1) is 11.8. The minimum Gasteiger partial charge on any atom is -0.432 e. The lowest BCUT2D eigenvalue weighted by molar-refractivity contribution is -0.0525. The highest BCUT2D eigenvalue weighted by Crippen LogP contribution is 2.26. The zero-order valence-electron chi connectivity index (χ0n) is 6.95. The average molecular weight is 244 g/mol. The van der Waals surface area contributed by atoms with Gasteiger partial charge in [-0.05, 0) is 12.1 Å². The third kappa shape index (κ3) is 2.82. The van der Waals surface area contributed by atoms with E-state index in [-0.39, 0.29) is 0 Å². The maximum atomic E-state index is 13.1. The van der Waals surface area contributed by atoms with E-state index in [0.29, 0.717) is 6.07 Å². The lowest BCUT2D eigenvalue weighted by atomic mass is 10.3. The Morgan fingerprint density at radius 3 is 2.33 bits per heavy atom. The smallest absolute Gasteiger partial charge is 0.387 e. The van der Waals surface area contributed by atoms with Crippen LogP contribution in [0.4, 0.5) is 17.1 Å². The highest BCUT2D eigenvalue weighted by molar-refractivity contribution is 7.86. The van der Waals surface area contributed by atoms with Gasteiger partial charge in [0.25, 0.3) is 0 Å². The first-order valence-electron chi connectivity index (χ1n) is 3.50. The van der Waals surface area contributed by atoms with Crippen LogP contribution in [0.2, 0.25) is 0 Å². The van der Waals surface area contributed by atoms with Crippen molar-refractivity contribution >= 4 is 10.2 Å². The van der Waals surface area contributed by atoms with E-state index in [0.717, 1.165) is 12.1 Å². The fourth-order valence-electron chi connectivity index (χ4n) is 0.866. The molecular formula is C7H4F4O3S. The minimum atomic E-state index is -5.29. The predicted molar refractivity (Wildman–Crippen MR) is 41.3 cm³/mol. The Hall–Kier alpha value is -1.31. The molecule has 84 valence electrons. The molecule has 0 bridgehead atoms.